The number of ether oxygens (including phenoxy) is 1. The number of anilines is 1. The predicted molar refractivity (Wildman–Crippen MR) is 122 cm³/mol. The summed E-state index contributed by atoms with van der Waals surface area (Å²) in [6.07, 6.45) is 0. The Balaban J connectivity index is 1.69. The van der Waals surface area contributed by atoms with Crippen molar-refractivity contribution in [2.75, 3.05) is 12.4 Å². The molecule has 4 rings (SSSR count). The minimum absolute atomic E-state index is 0.221. The van der Waals surface area contributed by atoms with Crippen LogP contribution in [0.25, 0.3) is 21.7 Å². The lowest BCUT2D eigenvalue weighted by molar-refractivity contribution is 0.102. The summed E-state index contributed by atoms with van der Waals surface area (Å²) in [4.78, 5) is 18.5. The molecule has 0 bridgehead atoms. The van der Waals surface area contributed by atoms with Crippen molar-refractivity contribution in [3.8, 4) is 27.4 Å². The third kappa shape index (κ3) is 4.23. The maximum absolute atomic E-state index is 12.8. The average molecular weight is 465 g/mol. The Morgan fingerprint density at radius 1 is 0.966 bits per heavy atom. The zero-order valence-corrected chi connectivity index (χ0v) is 18.0. The Bertz CT molecular complexity index is 1090. The number of rotatable bonds is 5. The highest BCUT2D eigenvalue weighted by Crippen LogP contribution is 2.39. The number of thiazole rings is 1. The van der Waals surface area contributed by atoms with E-state index < -0.39 is 0 Å². The van der Waals surface area contributed by atoms with Crippen LogP contribution in [0.2, 0.25) is 0 Å². The number of amides is 1. The SMILES string of the molecule is COc1ccc(C(=O)Nc2nc(-c3ccccc3)c(-c3ccccc3)s2)cc1Br. The van der Waals surface area contributed by atoms with Gasteiger partial charge in [0.25, 0.3) is 5.91 Å². The highest BCUT2D eigenvalue weighted by Gasteiger charge is 2.17. The van der Waals surface area contributed by atoms with E-state index in [4.69, 9.17) is 9.72 Å². The zero-order valence-electron chi connectivity index (χ0n) is 15.6. The fourth-order valence-corrected chi connectivity index (χ4v) is 4.46. The van der Waals surface area contributed by atoms with Gasteiger partial charge in [0.1, 0.15) is 5.75 Å². The van der Waals surface area contributed by atoms with Crippen LogP contribution in [0.4, 0.5) is 5.13 Å². The van der Waals surface area contributed by atoms with Crippen LogP contribution in [0.3, 0.4) is 0 Å². The molecule has 6 heteroatoms. The van der Waals surface area contributed by atoms with E-state index in [9.17, 15) is 4.79 Å². The van der Waals surface area contributed by atoms with Crippen molar-refractivity contribution in [2.24, 2.45) is 0 Å². The van der Waals surface area contributed by atoms with Gasteiger partial charge in [0.05, 0.1) is 22.2 Å². The fourth-order valence-electron chi connectivity index (χ4n) is 2.93. The van der Waals surface area contributed by atoms with Crippen molar-refractivity contribution in [3.05, 3.63) is 88.9 Å². The molecule has 1 heterocycles. The van der Waals surface area contributed by atoms with Crippen LogP contribution in [-0.2, 0) is 0 Å². The van der Waals surface area contributed by atoms with Crippen LogP contribution in [-0.4, -0.2) is 18.0 Å². The Kier molecular flexibility index (Phi) is 5.74. The molecule has 1 amide bonds. The van der Waals surface area contributed by atoms with Crippen LogP contribution in [0.15, 0.2) is 83.3 Å². The summed E-state index contributed by atoms with van der Waals surface area (Å²) in [6.45, 7) is 0. The Morgan fingerprint density at radius 3 is 2.24 bits per heavy atom. The molecule has 1 aromatic heterocycles. The summed E-state index contributed by atoms with van der Waals surface area (Å²) in [5, 5.41) is 3.49. The Hall–Kier alpha value is -2.96. The summed E-state index contributed by atoms with van der Waals surface area (Å²) in [5.74, 6) is 0.454. The topological polar surface area (TPSA) is 51.2 Å². The number of halogens is 1. The minimum atomic E-state index is -0.221. The van der Waals surface area contributed by atoms with Gasteiger partial charge in [-0.1, -0.05) is 72.0 Å². The number of methoxy groups -OCH3 is 1. The van der Waals surface area contributed by atoms with E-state index >= 15 is 0 Å². The van der Waals surface area contributed by atoms with Crippen molar-refractivity contribution in [1.82, 2.24) is 4.98 Å². The van der Waals surface area contributed by atoms with Gasteiger partial charge >= 0.3 is 0 Å². The number of hydrogen-bond acceptors (Lipinski definition) is 4. The second-order valence-corrected chi connectivity index (χ2v) is 8.09. The van der Waals surface area contributed by atoms with E-state index in [-0.39, 0.29) is 5.91 Å². The monoisotopic (exact) mass is 464 g/mol. The number of carbonyl (C=O) groups is 1. The minimum Gasteiger partial charge on any atom is -0.496 e. The Labute approximate surface area is 181 Å². The molecule has 4 aromatic rings. The van der Waals surface area contributed by atoms with Crippen LogP contribution in [0, 0.1) is 0 Å². The first-order valence-corrected chi connectivity index (χ1v) is 10.5. The molecule has 144 valence electrons. The highest BCUT2D eigenvalue weighted by atomic mass is 79.9. The molecule has 0 spiro atoms. The smallest absolute Gasteiger partial charge is 0.257 e. The van der Waals surface area contributed by atoms with Gasteiger partial charge in [0.2, 0.25) is 0 Å². The molecular weight excluding hydrogens is 448 g/mol. The molecular formula is C23H17BrN2O2S. The number of nitrogens with one attached hydrogen (secondary N) is 1. The lowest BCUT2D eigenvalue weighted by atomic mass is 10.1. The molecule has 0 saturated heterocycles. The first-order chi connectivity index (χ1) is 14.2. The first-order valence-electron chi connectivity index (χ1n) is 8.92. The van der Waals surface area contributed by atoms with E-state index in [1.165, 1.54) is 11.3 Å². The maximum atomic E-state index is 12.8. The van der Waals surface area contributed by atoms with E-state index in [0.717, 1.165) is 26.2 Å². The van der Waals surface area contributed by atoms with Crippen LogP contribution >= 0.6 is 27.3 Å². The first kappa shape index (κ1) is 19.4. The summed E-state index contributed by atoms with van der Waals surface area (Å²) >= 11 is 4.88. The van der Waals surface area contributed by atoms with Crippen LogP contribution < -0.4 is 10.1 Å². The third-order valence-electron chi connectivity index (χ3n) is 4.34. The molecule has 0 saturated carbocycles. The fraction of sp³-hybridized carbons (Fsp3) is 0.0435. The predicted octanol–water partition coefficient (Wildman–Crippen LogP) is 6.50. The number of nitrogens with zero attached hydrogens (tertiary/aromatic N) is 1. The molecule has 0 aliphatic rings. The molecule has 0 aliphatic carbocycles. The van der Waals surface area contributed by atoms with Gasteiger partial charge in [-0.05, 0) is 39.7 Å². The standard InChI is InChI=1S/C23H17BrN2O2S/c1-28-19-13-12-17(14-18(19)24)22(27)26-23-25-20(15-8-4-2-5-9-15)21(29-23)16-10-6-3-7-11-16/h2-14H,1H3,(H,25,26,27). The van der Waals surface area contributed by atoms with Crippen molar-refractivity contribution in [1.29, 1.82) is 0 Å². The van der Waals surface area contributed by atoms with Gasteiger partial charge in [-0.2, -0.15) is 0 Å². The van der Waals surface area contributed by atoms with Gasteiger partial charge in [0, 0.05) is 11.1 Å². The molecule has 29 heavy (non-hydrogen) atoms. The quantitative estimate of drug-likeness (QED) is 0.366. The molecule has 1 N–H and O–H groups in total. The lowest BCUT2D eigenvalue weighted by Crippen LogP contribution is -2.11. The van der Waals surface area contributed by atoms with Crippen LogP contribution in [0.5, 0.6) is 5.75 Å². The second kappa shape index (κ2) is 8.59. The summed E-state index contributed by atoms with van der Waals surface area (Å²) < 4.78 is 5.95. The van der Waals surface area contributed by atoms with E-state index in [1.54, 1.807) is 25.3 Å². The molecule has 4 nitrogen and oxygen atoms in total. The number of aromatic nitrogens is 1. The Morgan fingerprint density at radius 2 is 1.62 bits per heavy atom. The van der Waals surface area contributed by atoms with E-state index in [0.29, 0.717) is 16.4 Å². The molecule has 0 fully saturated rings. The van der Waals surface area contributed by atoms with Crippen molar-refractivity contribution in [3.63, 3.8) is 0 Å². The summed E-state index contributed by atoms with van der Waals surface area (Å²) in [5.41, 5.74) is 3.45. The molecule has 3 aromatic carbocycles. The third-order valence-corrected chi connectivity index (χ3v) is 5.98. The van der Waals surface area contributed by atoms with Gasteiger partial charge < -0.3 is 4.74 Å². The molecule has 0 atom stereocenters. The van der Waals surface area contributed by atoms with Gasteiger partial charge in [0.15, 0.2) is 5.13 Å². The van der Waals surface area contributed by atoms with Gasteiger partial charge in [-0.3, -0.25) is 10.1 Å². The lowest BCUT2D eigenvalue weighted by Gasteiger charge is -2.06. The molecule has 0 unspecified atom stereocenters. The molecule has 0 radical (unpaired) electrons. The largest absolute Gasteiger partial charge is 0.496 e. The molecule has 0 aliphatic heterocycles. The summed E-state index contributed by atoms with van der Waals surface area (Å²) in [7, 11) is 1.59. The van der Waals surface area contributed by atoms with Gasteiger partial charge in [-0.15, -0.1) is 0 Å². The number of benzene rings is 3. The van der Waals surface area contributed by atoms with Crippen LogP contribution in [0.1, 0.15) is 10.4 Å². The van der Waals surface area contributed by atoms with Crippen molar-refractivity contribution >= 4 is 38.3 Å². The normalized spacial score (nSPS) is 10.6. The second-order valence-electron chi connectivity index (χ2n) is 6.23. The summed E-state index contributed by atoms with van der Waals surface area (Å²) in [6, 6.07) is 25.3. The average Bonchev–Trinajstić information content (AvgIpc) is 3.18. The van der Waals surface area contributed by atoms with E-state index in [2.05, 4.69) is 21.2 Å². The number of carbonyl (C=O) groups excluding carboxylic acids is 1. The van der Waals surface area contributed by atoms with Crippen molar-refractivity contribution in [2.45, 2.75) is 0 Å². The maximum Gasteiger partial charge on any atom is 0.257 e. The number of hydrogen-bond donors (Lipinski definition) is 1. The van der Waals surface area contributed by atoms with E-state index in [1.807, 2.05) is 60.7 Å². The van der Waals surface area contributed by atoms with Gasteiger partial charge in [-0.25, -0.2) is 4.98 Å². The van der Waals surface area contributed by atoms with Crippen molar-refractivity contribution < 1.29 is 9.53 Å². The highest BCUT2D eigenvalue weighted by molar-refractivity contribution is 9.10. The zero-order chi connectivity index (χ0) is 20.2.